The van der Waals surface area contributed by atoms with E-state index < -0.39 is 12.1 Å². The Morgan fingerprint density at radius 1 is 1.47 bits per heavy atom. The van der Waals surface area contributed by atoms with E-state index in [4.69, 9.17) is 33.0 Å². The van der Waals surface area contributed by atoms with Crippen molar-refractivity contribution in [1.29, 1.82) is 0 Å². The average molecular weight is 304 g/mol. The van der Waals surface area contributed by atoms with E-state index in [0.29, 0.717) is 13.0 Å². The number of carboxylic acids is 1. The van der Waals surface area contributed by atoms with E-state index in [1.807, 2.05) is 0 Å². The maximum Gasteiger partial charge on any atom is 0.339 e. The lowest BCUT2D eigenvalue weighted by Gasteiger charge is -2.16. The molecule has 0 spiro atoms. The molecule has 7 heteroatoms. The highest BCUT2D eigenvalue weighted by atomic mass is 35.5. The van der Waals surface area contributed by atoms with Crippen LogP contribution in [0.15, 0.2) is 12.1 Å². The predicted octanol–water partition coefficient (Wildman–Crippen LogP) is 2.30. The number of carbonyl (C=O) groups is 2. The minimum absolute atomic E-state index is 0.0211. The molecule has 0 aliphatic carbocycles. The van der Waals surface area contributed by atoms with Crippen molar-refractivity contribution in [3.8, 4) is 5.75 Å². The molecule has 1 heterocycles. The van der Waals surface area contributed by atoms with E-state index in [9.17, 15) is 9.59 Å². The van der Waals surface area contributed by atoms with Gasteiger partial charge in [-0.25, -0.2) is 4.79 Å². The molecule has 1 unspecified atom stereocenters. The molecule has 1 aromatic carbocycles. The maximum absolute atomic E-state index is 11.8. The zero-order chi connectivity index (χ0) is 14.2. The Kier molecular flexibility index (Phi) is 3.87. The normalized spacial score (nSPS) is 18.8. The van der Waals surface area contributed by atoms with Gasteiger partial charge in [0.05, 0.1) is 5.02 Å². The minimum Gasteiger partial charge on any atom is -0.478 e. The van der Waals surface area contributed by atoms with E-state index in [-0.39, 0.29) is 27.3 Å². The third-order valence-corrected chi connectivity index (χ3v) is 3.38. The highest BCUT2D eigenvalue weighted by molar-refractivity contribution is 6.36. The van der Waals surface area contributed by atoms with Crippen molar-refractivity contribution < 1.29 is 19.4 Å². The fourth-order valence-corrected chi connectivity index (χ4v) is 2.42. The smallest absolute Gasteiger partial charge is 0.339 e. The number of ether oxygens (including phenoxy) is 1. The standard InChI is InChI=1S/C12H11Cl2NO4/c1-15-3-2-9(11(15)16)19-10-7(12(17)18)4-6(13)5-8(10)14/h4-5,9H,2-3H2,1H3,(H,17,18). The van der Waals surface area contributed by atoms with Crippen LogP contribution in [0.5, 0.6) is 5.75 Å². The largest absolute Gasteiger partial charge is 0.478 e. The van der Waals surface area contributed by atoms with Crippen LogP contribution in [0.2, 0.25) is 10.0 Å². The second-order valence-electron chi connectivity index (χ2n) is 4.22. The fraction of sp³-hybridized carbons (Fsp3) is 0.333. The Morgan fingerprint density at radius 2 is 2.16 bits per heavy atom. The maximum atomic E-state index is 11.8. The highest BCUT2D eigenvalue weighted by Gasteiger charge is 2.32. The molecule has 1 saturated heterocycles. The van der Waals surface area contributed by atoms with E-state index in [1.54, 1.807) is 7.05 Å². The Labute approximate surface area is 119 Å². The topological polar surface area (TPSA) is 66.8 Å². The lowest BCUT2D eigenvalue weighted by atomic mass is 10.2. The molecule has 0 radical (unpaired) electrons. The molecule has 102 valence electrons. The fourth-order valence-electron chi connectivity index (χ4n) is 1.88. The van der Waals surface area contributed by atoms with Gasteiger partial charge in [0.2, 0.25) is 0 Å². The quantitative estimate of drug-likeness (QED) is 0.930. The van der Waals surface area contributed by atoms with Crippen LogP contribution in [0, 0.1) is 0 Å². The molecular weight excluding hydrogens is 293 g/mol. The van der Waals surface area contributed by atoms with Crippen molar-refractivity contribution in [2.45, 2.75) is 12.5 Å². The summed E-state index contributed by atoms with van der Waals surface area (Å²) < 4.78 is 5.47. The molecule has 1 N–H and O–H groups in total. The first kappa shape index (κ1) is 14.0. The molecule has 2 rings (SSSR count). The Balaban J connectivity index is 2.34. The number of carboxylic acid groups (broad SMARTS) is 1. The number of amides is 1. The van der Waals surface area contributed by atoms with Crippen LogP contribution in [0.25, 0.3) is 0 Å². The molecule has 1 aliphatic heterocycles. The van der Waals surface area contributed by atoms with Crippen LogP contribution in [0.1, 0.15) is 16.8 Å². The Bertz CT molecular complexity index is 547. The number of rotatable bonds is 3. The van der Waals surface area contributed by atoms with Gasteiger partial charge in [0.25, 0.3) is 5.91 Å². The number of halogens is 2. The summed E-state index contributed by atoms with van der Waals surface area (Å²) in [7, 11) is 1.66. The van der Waals surface area contributed by atoms with Crippen molar-refractivity contribution in [3.05, 3.63) is 27.7 Å². The summed E-state index contributed by atoms with van der Waals surface area (Å²) >= 11 is 11.7. The molecule has 1 aromatic rings. The van der Waals surface area contributed by atoms with E-state index in [0.717, 1.165) is 0 Å². The third kappa shape index (κ3) is 2.77. The van der Waals surface area contributed by atoms with Gasteiger partial charge < -0.3 is 14.7 Å². The summed E-state index contributed by atoms with van der Waals surface area (Å²) in [6.45, 7) is 0.567. The van der Waals surface area contributed by atoms with Gasteiger partial charge in [0.15, 0.2) is 11.9 Å². The zero-order valence-electron chi connectivity index (χ0n) is 10.0. The van der Waals surface area contributed by atoms with Crippen molar-refractivity contribution >= 4 is 35.1 Å². The predicted molar refractivity (Wildman–Crippen MR) is 70.1 cm³/mol. The number of aromatic carboxylic acids is 1. The summed E-state index contributed by atoms with van der Waals surface area (Å²) in [4.78, 5) is 24.4. The van der Waals surface area contributed by atoms with Gasteiger partial charge in [-0.15, -0.1) is 0 Å². The molecule has 0 saturated carbocycles. The molecule has 19 heavy (non-hydrogen) atoms. The SMILES string of the molecule is CN1CCC(Oc2c(Cl)cc(Cl)cc2C(=O)O)C1=O. The summed E-state index contributed by atoms with van der Waals surface area (Å²) in [5.74, 6) is -1.42. The Morgan fingerprint density at radius 3 is 2.68 bits per heavy atom. The molecular formula is C12H11Cl2NO4. The number of hydrogen-bond acceptors (Lipinski definition) is 3. The Hall–Kier alpha value is -1.46. The first-order chi connectivity index (χ1) is 8.90. The van der Waals surface area contributed by atoms with Gasteiger partial charge in [-0.2, -0.15) is 0 Å². The van der Waals surface area contributed by atoms with E-state index in [2.05, 4.69) is 0 Å². The first-order valence-corrected chi connectivity index (χ1v) is 6.29. The summed E-state index contributed by atoms with van der Waals surface area (Å²) in [5.41, 5.74) is -0.153. The number of likely N-dealkylation sites (N-methyl/N-ethyl adjacent to an activating group) is 1. The number of likely N-dealkylation sites (tertiary alicyclic amines) is 1. The van der Waals surface area contributed by atoms with Crippen molar-refractivity contribution in [2.24, 2.45) is 0 Å². The van der Waals surface area contributed by atoms with Gasteiger partial charge in [0.1, 0.15) is 5.56 Å². The average Bonchev–Trinajstić information content (AvgIpc) is 2.63. The molecule has 1 amide bonds. The minimum atomic E-state index is -1.21. The monoisotopic (exact) mass is 303 g/mol. The summed E-state index contributed by atoms with van der Waals surface area (Å²) in [5, 5.41) is 9.39. The van der Waals surface area contributed by atoms with Gasteiger partial charge in [0, 0.05) is 25.0 Å². The van der Waals surface area contributed by atoms with Gasteiger partial charge in [-0.05, 0) is 12.1 Å². The summed E-state index contributed by atoms with van der Waals surface area (Å²) in [6.07, 6.45) is -0.213. The molecule has 1 atom stereocenters. The van der Waals surface area contributed by atoms with Crippen molar-refractivity contribution in [1.82, 2.24) is 4.90 Å². The zero-order valence-corrected chi connectivity index (χ0v) is 11.5. The molecule has 0 bridgehead atoms. The van der Waals surface area contributed by atoms with Crippen LogP contribution >= 0.6 is 23.2 Å². The summed E-state index contributed by atoms with van der Waals surface area (Å²) in [6, 6.07) is 2.63. The van der Waals surface area contributed by atoms with Crippen LogP contribution in [0.3, 0.4) is 0 Å². The van der Waals surface area contributed by atoms with Crippen molar-refractivity contribution in [3.63, 3.8) is 0 Å². The van der Waals surface area contributed by atoms with Crippen LogP contribution in [-0.4, -0.2) is 41.6 Å². The second kappa shape index (κ2) is 5.27. The van der Waals surface area contributed by atoms with Crippen molar-refractivity contribution in [2.75, 3.05) is 13.6 Å². The van der Waals surface area contributed by atoms with Crippen LogP contribution < -0.4 is 4.74 Å². The van der Waals surface area contributed by atoms with Crippen LogP contribution in [-0.2, 0) is 4.79 Å². The number of carbonyl (C=O) groups excluding carboxylic acids is 1. The molecule has 1 fully saturated rings. The van der Waals surface area contributed by atoms with Gasteiger partial charge in [-0.1, -0.05) is 23.2 Å². The van der Waals surface area contributed by atoms with Gasteiger partial charge >= 0.3 is 5.97 Å². The second-order valence-corrected chi connectivity index (χ2v) is 5.07. The van der Waals surface area contributed by atoms with Crippen LogP contribution in [0.4, 0.5) is 0 Å². The van der Waals surface area contributed by atoms with Gasteiger partial charge in [-0.3, -0.25) is 4.79 Å². The lowest BCUT2D eigenvalue weighted by molar-refractivity contribution is -0.132. The molecule has 1 aliphatic rings. The van der Waals surface area contributed by atoms with E-state index in [1.165, 1.54) is 17.0 Å². The number of benzene rings is 1. The lowest BCUT2D eigenvalue weighted by Crippen LogP contribution is -2.30. The number of nitrogens with zero attached hydrogens (tertiary/aromatic N) is 1. The first-order valence-electron chi connectivity index (χ1n) is 5.54. The molecule has 0 aromatic heterocycles. The van der Waals surface area contributed by atoms with E-state index >= 15 is 0 Å². The molecule has 5 nitrogen and oxygen atoms in total. The number of hydrogen-bond donors (Lipinski definition) is 1. The third-order valence-electron chi connectivity index (χ3n) is 2.88. The highest BCUT2D eigenvalue weighted by Crippen LogP contribution is 2.34.